The second kappa shape index (κ2) is 8.37. The molecule has 0 bridgehead atoms. The average Bonchev–Trinajstić information content (AvgIpc) is 3.23. The van der Waals surface area contributed by atoms with Gasteiger partial charge in [0.15, 0.2) is 5.69 Å². The lowest BCUT2D eigenvalue weighted by Gasteiger charge is -2.24. The predicted octanol–water partition coefficient (Wildman–Crippen LogP) is 3.93. The summed E-state index contributed by atoms with van der Waals surface area (Å²) < 4.78 is 81.5. The van der Waals surface area contributed by atoms with Crippen molar-refractivity contribution >= 4 is 5.95 Å². The van der Waals surface area contributed by atoms with Gasteiger partial charge >= 0.3 is 12.4 Å². The number of hydrogen-bond donors (Lipinski definition) is 2. The number of piperidine rings is 1. The third kappa shape index (κ3) is 4.66. The van der Waals surface area contributed by atoms with Crippen LogP contribution in [0.2, 0.25) is 0 Å². The Hall–Kier alpha value is -3.22. The minimum absolute atomic E-state index is 0.00758. The van der Waals surface area contributed by atoms with Gasteiger partial charge in [-0.1, -0.05) is 0 Å². The number of aromatic nitrogens is 5. The van der Waals surface area contributed by atoms with E-state index in [1.165, 1.54) is 6.07 Å². The molecule has 0 amide bonds. The molecule has 170 valence electrons. The maximum absolute atomic E-state index is 13.6. The minimum Gasteiger partial charge on any atom is -0.351 e. The summed E-state index contributed by atoms with van der Waals surface area (Å²) in [6, 6.07) is 2.43. The molecular weight excluding hydrogens is 440 g/mol. The molecule has 2 N–H and O–H groups in total. The number of anilines is 1. The van der Waals surface area contributed by atoms with Gasteiger partial charge in [-0.3, -0.25) is 0 Å². The lowest BCUT2D eigenvalue weighted by atomic mass is 10.1. The van der Waals surface area contributed by atoms with Gasteiger partial charge in [0.05, 0.1) is 5.69 Å². The van der Waals surface area contributed by atoms with Crippen LogP contribution in [0.4, 0.5) is 32.3 Å². The molecule has 7 nitrogen and oxygen atoms in total. The maximum Gasteiger partial charge on any atom is 0.435 e. The molecule has 1 aliphatic rings. The van der Waals surface area contributed by atoms with Gasteiger partial charge in [-0.15, -0.1) is 0 Å². The summed E-state index contributed by atoms with van der Waals surface area (Å²) in [5.74, 6) is -0.00758. The van der Waals surface area contributed by atoms with Crippen LogP contribution in [0.1, 0.15) is 24.1 Å². The van der Waals surface area contributed by atoms with E-state index >= 15 is 0 Å². The summed E-state index contributed by atoms with van der Waals surface area (Å²) in [6.07, 6.45) is -4.37. The Bertz CT molecular complexity index is 1090. The molecule has 32 heavy (non-hydrogen) atoms. The lowest BCUT2D eigenvalue weighted by Crippen LogP contribution is -2.35. The summed E-state index contributed by atoms with van der Waals surface area (Å²) >= 11 is 0. The van der Waals surface area contributed by atoms with Crippen molar-refractivity contribution in [2.24, 2.45) is 0 Å². The van der Waals surface area contributed by atoms with E-state index in [9.17, 15) is 26.3 Å². The molecule has 0 aromatic carbocycles. The quantitative estimate of drug-likeness (QED) is 0.578. The van der Waals surface area contributed by atoms with Crippen LogP contribution in [-0.2, 0) is 12.4 Å². The molecule has 1 aliphatic heterocycles. The van der Waals surface area contributed by atoms with Crippen LogP contribution >= 0.6 is 0 Å². The van der Waals surface area contributed by atoms with Crippen LogP contribution in [0.15, 0.2) is 37.1 Å². The van der Waals surface area contributed by atoms with Crippen molar-refractivity contribution in [2.45, 2.75) is 31.2 Å². The first kappa shape index (κ1) is 22.0. The van der Waals surface area contributed by atoms with Gasteiger partial charge in [0.25, 0.3) is 0 Å². The molecule has 4 heterocycles. The van der Waals surface area contributed by atoms with E-state index in [-0.39, 0.29) is 23.4 Å². The number of rotatable bonds is 4. The van der Waals surface area contributed by atoms with E-state index in [0.717, 1.165) is 55.3 Å². The third-order valence-corrected chi connectivity index (χ3v) is 4.92. The largest absolute Gasteiger partial charge is 0.435 e. The molecule has 13 heteroatoms. The monoisotopic (exact) mass is 457 g/mol. The average molecular weight is 457 g/mol. The molecule has 0 unspecified atom stereocenters. The number of halogens is 6. The van der Waals surface area contributed by atoms with Crippen LogP contribution in [-0.4, -0.2) is 43.6 Å². The Balaban J connectivity index is 1.73. The van der Waals surface area contributed by atoms with Gasteiger partial charge in [-0.05, 0) is 38.1 Å². The van der Waals surface area contributed by atoms with Crippen molar-refractivity contribution < 1.29 is 26.3 Å². The predicted molar refractivity (Wildman–Crippen MR) is 102 cm³/mol. The Morgan fingerprint density at radius 3 is 2.44 bits per heavy atom. The summed E-state index contributed by atoms with van der Waals surface area (Å²) in [5.41, 5.74) is -3.46. The molecule has 3 aromatic heterocycles. The van der Waals surface area contributed by atoms with E-state index in [1.807, 2.05) is 0 Å². The highest BCUT2D eigenvalue weighted by Gasteiger charge is 2.37. The molecular formula is C19H17F6N7. The number of pyridine rings is 1. The van der Waals surface area contributed by atoms with Gasteiger partial charge in [-0.2, -0.15) is 26.3 Å². The molecule has 4 rings (SSSR count). The van der Waals surface area contributed by atoms with E-state index in [1.54, 1.807) is 0 Å². The normalized spacial score (nSPS) is 15.7. The zero-order valence-electron chi connectivity index (χ0n) is 16.4. The first-order valence-corrected chi connectivity index (χ1v) is 9.61. The Morgan fingerprint density at radius 2 is 1.75 bits per heavy atom. The fourth-order valence-corrected chi connectivity index (χ4v) is 3.40. The number of nitrogens with one attached hydrogen (secondary N) is 2. The highest BCUT2D eigenvalue weighted by molar-refractivity contribution is 5.61. The van der Waals surface area contributed by atoms with Gasteiger partial charge in [0, 0.05) is 24.6 Å². The highest BCUT2D eigenvalue weighted by atomic mass is 19.4. The second-order valence-electron chi connectivity index (χ2n) is 7.16. The highest BCUT2D eigenvalue weighted by Crippen LogP contribution is 2.37. The lowest BCUT2D eigenvalue weighted by molar-refractivity contribution is -0.141. The van der Waals surface area contributed by atoms with E-state index in [4.69, 9.17) is 0 Å². The van der Waals surface area contributed by atoms with E-state index < -0.39 is 29.3 Å². The topological polar surface area (TPSA) is 80.5 Å². The van der Waals surface area contributed by atoms with Gasteiger partial charge in [-0.25, -0.2) is 19.9 Å². The molecule has 3 aromatic rings. The van der Waals surface area contributed by atoms with Crippen LogP contribution in [0.25, 0.3) is 17.1 Å². The first-order valence-electron chi connectivity index (χ1n) is 9.61. The van der Waals surface area contributed by atoms with Crippen LogP contribution in [0.3, 0.4) is 0 Å². The smallest absolute Gasteiger partial charge is 0.351 e. The van der Waals surface area contributed by atoms with Crippen molar-refractivity contribution in [1.82, 2.24) is 29.8 Å². The Labute approximate surface area is 177 Å². The first-order chi connectivity index (χ1) is 15.1. The number of alkyl halides is 6. The molecule has 1 fully saturated rings. The summed E-state index contributed by atoms with van der Waals surface area (Å²) in [7, 11) is 0. The molecule has 0 spiro atoms. The van der Waals surface area contributed by atoms with Crippen LogP contribution in [0.5, 0.6) is 0 Å². The number of hydrogen-bond acceptors (Lipinski definition) is 6. The van der Waals surface area contributed by atoms with Crippen molar-refractivity contribution in [2.75, 3.05) is 18.4 Å². The fourth-order valence-electron chi connectivity index (χ4n) is 3.40. The van der Waals surface area contributed by atoms with Crippen molar-refractivity contribution in [3.63, 3.8) is 0 Å². The van der Waals surface area contributed by atoms with Gasteiger partial charge < -0.3 is 15.2 Å². The molecule has 0 radical (unpaired) electrons. The van der Waals surface area contributed by atoms with Crippen molar-refractivity contribution in [3.05, 3.63) is 48.3 Å². The van der Waals surface area contributed by atoms with E-state index in [2.05, 4.69) is 30.6 Å². The molecule has 0 saturated carbocycles. The molecule has 1 saturated heterocycles. The Kier molecular flexibility index (Phi) is 5.75. The van der Waals surface area contributed by atoms with Crippen LogP contribution in [0, 0.1) is 0 Å². The van der Waals surface area contributed by atoms with Gasteiger partial charge in [0.2, 0.25) is 5.95 Å². The number of imidazole rings is 1. The van der Waals surface area contributed by atoms with Crippen molar-refractivity contribution in [1.29, 1.82) is 0 Å². The zero-order valence-corrected chi connectivity index (χ0v) is 16.4. The summed E-state index contributed by atoms with van der Waals surface area (Å²) in [5, 5.41) is 6.19. The second-order valence-corrected chi connectivity index (χ2v) is 7.16. The minimum atomic E-state index is -4.78. The fraction of sp³-hybridized carbons (Fsp3) is 0.368. The van der Waals surface area contributed by atoms with E-state index in [0.29, 0.717) is 6.20 Å². The van der Waals surface area contributed by atoms with Crippen LogP contribution < -0.4 is 10.6 Å². The molecule has 0 aliphatic carbocycles. The number of nitrogens with zero attached hydrogens (tertiary/aromatic N) is 5. The van der Waals surface area contributed by atoms with Gasteiger partial charge in [0.1, 0.15) is 23.3 Å². The summed E-state index contributed by atoms with van der Waals surface area (Å²) in [6.45, 7) is 1.50. The zero-order chi connectivity index (χ0) is 22.9. The molecule has 0 atom stereocenters. The standard InChI is InChI=1S/C19H17F6N7/c20-18(21,22)12-8-28-17(30-11-3-6-26-7-4-11)31-15(12)13-9-32(10-29-13)14-2-1-5-27-16(14)19(23,24)25/h1-2,5,8-11,26H,3-4,6-7H2,(H,28,30,31). The SMILES string of the molecule is FC(F)(F)c1cnc(NC2CCNCC2)nc1-c1cn(-c2cccnc2C(F)(F)F)cn1. The van der Waals surface area contributed by atoms with Crippen molar-refractivity contribution in [3.8, 4) is 17.1 Å². The third-order valence-electron chi connectivity index (χ3n) is 4.92. The maximum atomic E-state index is 13.6. The Morgan fingerprint density at radius 1 is 1.00 bits per heavy atom. The summed E-state index contributed by atoms with van der Waals surface area (Å²) in [4.78, 5) is 15.0.